The third kappa shape index (κ3) is 4.04. The Labute approximate surface area is 128 Å². The van der Waals surface area contributed by atoms with Gasteiger partial charge in [-0.1, -0.05) is 43.1 Å². The molecule has 0 saturated carbocycles. The Kier molecular flexibility index (Phi) is 5.47. The molecule has 2 rings (SSSR count). The molecule has 0 unspecified atom stereocenters. The summed E-state index contributed by atoms with van der Waals surface area (Å²) in [6.45, 7) is 3.67. The first kappa shape index (κ1) is 15.9. The maximum Gasteiger partial charge on any atom is 0.345 e. The van der Waals surface area contributed by atoms with Crippen LogP contribution in [0, 0.1) is 0 Å². The molecule has 0 N–H and O–H groups in total. The van der Waals surface area contributed by atoms with Crippen molar-refractivity contribution in [2.45, 2.75) is 39.5 Å². The van der Waals surface area contributed by atoms with E-state index in [-0.39, 0.29) is 0 Å². The van der Waals surface area contributed by atoms with Gasteiger partial charge in [-0.05, 0) is 25.5 Å². The van der Waals surface area contributed by atoms with Gasteiger partial charge in [0.25, 0.3) is 0 Å². The average molecular weight is 301 g/mol. The Morgan fingerprint density at radius 1 is 1.27 bits per heavy atom. The van der Waals surface area contributed by atoms with E-state index >= 15 is 0 Å². The van der Waals surface area contributed by atoms with Gasteiger partial charge >= 0.3 is 11.6 Å². The standard InChI is InChI=1S/C17H19NO4/c1-3-4-5-10-16(19)22-18-12(2)14-11-13-8-6-7-9-15(13)21-17(14)20/h6-9,11H,3-5,10H2,1-2H3. The van der Waals surface area contributed by atoms with E-state index in [0.717, 1.165) is 24.6 Å². The highest BCUT2D eigenvalue weighted by atomic mass is 16.7. The zero-order chi connectivity index (χ0) is 15.9. The van der Waals surface area contributed by atoms with Crippen LogP contribution in [0.2, 0.25) is 0 Å². The minimum atomic E-state index is -0.498. The van der Waals surface area contributed by atoms with Crippen molar-refractivity contribution in [1.29, 1.82) is 0 Å². The summed E-state index contributed by atoms with van der Waals surface area (Å²) in [6, 6.07) is 8.90. The molecule has 0 spiro atoms. The van der Waals surface area contributed by atoms with Crippen molar-refractivity contribution in [3.63, 3.8) is 0 Å². The molecule has 0 saturated heterocycles. The van der Waals surface area contributed by atoms with Crippen LogP contribution in [0.25, 0.3) is 11.0 Å². The average Bonchev–Trinajstić information content (AvgIpc) is 2.52. The van der Waals surface area contributed by atoms with E-state index in [9.17, 15) is 9.59 Å². The number of nitrogens with zero attached hydrogens (tertiary/aromatic N) is 1. The highest BCUT2D eigenvalue weighted by Crippen LogP contribution is 2.13. The number of para-hydroxylation sites is 1. The van der Waals surface area contributed by atoms with Gasteiger partial charge in [-0.25, -0.2) is 9.59 Å². The molecule has 0 bridgehead atoms. The number of hydrogen-bond acceptors (Lipinski definition) is 5. The fourth-order valence-corrected chi connectivity index (χ4v) is 2.05. The van der Waals surface area contributed by atoms with Crippen LogP contribution in [0.4, 0.5) is 0 Å². The summed E-state index contributed by atoms with van der Waals surface area (Å²) >= 11 is 0. The van der Waals surface area contributed by atoms with E-state index in [1.54, 1.807) is 25.1 Å². The number of unbranched alkanes of at least 4 members (excludes halogenated alkanes) is 2. The second kappa shape index (κ2) is 7.54. The van der Waals surface area contributed by atoms with E-state index in [1.165, 1.54) is 0 Å². The Balaban J connectivity index is 2.13. The minimum absolute atomic E-state index is 0.292. The molecule has 5 nitrogen and oxygen atoms in total. The zero-order valence-electron chi connectivity index (χ0n) is 12.8. The molecule has 2 aromatic rings. The highest BCUT2D eigenvalue weighted by Gasteiger charge is 2.09. The Bertz CT molecular complexity index is 746. The Morgan fingerprint density at radius 2 is 2.05 bits per heavy atom. The predicted octanol–water partition coefficient (Wildman–Crippen LogP) is 3.64. The van der Waals surface area contributed by atoms with Crippen molar-refractivity contribution in [3.05, 3.63) is 46.3 Å². The zero-order valence-corrected chi connectivity index (χ0v) is 12.8. The lowest BCUT2D eigenvalue weighted by atomic mass is 10.1. The van der Waals surface area contributed by atoms with E-state index in [0.29, 0.717) is 23.3 Å². The van der Waals surface area contributed by atoms with E-state index in [2.05, 4.69) is 12.1 Å². The van der Waals surface area contributed by atoms with Gasteiger partial charge in [0.05, 0.1) is 11.3 Å². The van der Waals surface area contributed by atoms with E-state index in [1.807, 2.05) is 12.1 Å². The summed E-state index contributed by atoms with van der Waals surface area (Å²) in [5.74, 6) is -0.391. The Morgan fingerprint density at radius 3 is 2.82 bits per heavy atom. The van der Waals surface area contributed by atoms with Crippen molar-refractivity contribution in [2.75, 3.05) is 0 Å². The second-order valence-corrected chi connectivity index (χ2v) is 5.08. The summed E-state index contributed by atoms with van der Waals surface area (Å²) in [4.78, 5) is 28.3. The van der Waals surface area contributed by atoms with Gasteiger partial charge in [0.1, 0.15) is 5.58 Å². The lowest BCUT2D eigenvalue weighted by Crippen LogP contribution is -2.13. The minimum Gasteiger partial charge on any atom is -0.422 e. The van der Waals surface area contributed by atoms with Crippen LogP contribution >= 0.6 is 0 Å². The van der Waals surface area contributed by atoms with E-state index in [4.69, 9.17) is 9.25 Å². The van der Waals surface area contributed by atoms with Crippen molar-refractivity contribution in [1.82, 2.24) is 0 Å². The van der Waals surface area contributed by atoms with Gasteiger partial charge in [-0.3, -0.25) is 0 Å². The van der Waals surface area contributed by atoms with Gasteiger partial charge in [0, 0.05) is 11.8 Å². The second-order valence-electron chi connectivity index (χ2n) is 5.08. The molecule has 0 aliphatic heterocycles. The number of hydrogen-bond donors (Lipinski definition) is 0. The number of rotatable bonds is 6. The number of oxime groups is 1. The lowest BCUT2D eigenvalue weighted by Gasteiger charge is -2.02. The van der Waals surface area contributed by atoms with Crippen LogP contribution in [0.3, 0.4) is 0 Å². The fourth-order valence-electron chi connectivity index (χ4n) is 2.05. The van der Waals surface area contributed by atoms with Crippen LogP contribution in [-0.2, 0) is 9.63 Å². The molecule has 1 heterocycles. The molecule has 0 aliphatic rings. The molecule has 0 radical (unpaired) electrons. The highest BCUT2D eigenvalue weighted by molar-refractivity contribution is 6.00. The number of carbonyl (C=O) groups is 1. The van der Waals surface area contributed by atoms with Gasteiger partial charge in [-0.15, -0.1) is 0 Å². The summed E-state index contributed by atoms with van der Waals surface area (Å²) in [5.41, 5.74) is 0.631. The summed E-state index contributed by atoms with van der Waals surface area (Å²) in [7, 11) is 0. The first-order valence-corrected chi connectivity index (χ1v) is 7.39. The van der Waals surface area contributed by atoms with Crippen molar-refractivity contribution < 1.29 is 14.0 Å². The molecule has 0 amide bonds. The quantitative estimate of drug-likeness (QED) is 0.268. The van der Waals surface area contributed by atoms with E-state index < -0.39 is 11.6 Å². The maximum absolute atomic E-state index is 11.9. The number of carbonyl (C=O) groups excluding carboxylic acids is 1. The summed E-state index contributed by atoms with van der Waals surface area (Å²) in [6.07, 6.45) is 3.12. The summed E-state index contributed by atoms with van der Waals surface area (Å²) < 4.78 is 5.22. The maximum atomic E-state index is 11.9. The normalized spacial score (nSPS) is 11.6. The fraction of sp³-hybridized carbons (Fsp3) is 0.353. The molecular formula is C17H19NO4. The molecule has 22 heavy (non-hydrogen) atoms. The van der Waals surface area contributed by atoms with Crippen LogP contribution in [-0.4, -0.2) is 11.7 Å². The van der Waals surface area contributed by atoms with Crippen LogP contribution in [0.15, 0.2) is 44.7 Å². The third-order valence-electron chi connectivity index (χ3n) is 3.30. The topological polar surface area (TPSA) is 68.9 Å². The van der Waals surface area contributed by atoms with Crippen molar-refractivity contribution in [2.24, 2.45) is 5.16 Å². The molecule has 1 aromatic carbocycles. The molecule has 0 aliphatic carbocycles. The van der Waals surface area contributed by atoms with Gasteiger partial charge in [0.15, 0.2) is 0 Å². The predicted molar refractivity (Wildman–Crippen MR) is 84.9 cm³/mol. The largest absolute Gasteiger partial charge is 0.422 e. The van der Waals surface area contributed by atoms with Crippen molar-refractivity contribution in [3.8, 4) is 0 Å². The molecule has 0 atom stereocenters. The van der Waals surface area contributed by atoms with Crippen LogP contribution in [0.1, 0.15) is 45.1 Å². The Hall–Kier alpha value is -2.43. The monoisotopic (exact) mass is 301 g/mol. The molecule has 116 valence electrons. The molecular weight excluding hydrogens is 282 g/mol. The third-order valence-corrected chi connectivity index (χ3v) is 3.30. The number of fused-ring (bicyclic) bond motifs is 1. The smallest absolute Gasteiger partial charge is 0.345 e. The SMILES string of the molecule is CCCCCC(=O)ON=C(C)c1cc2ccccc2oc1=O. The van der Waals surface area contributed by atoms with Gasteiger partial charge < -0.3 is 9.25 Å². The van der Waals surface area contributed by atoms with Crippen molar-refractivity contribution >= 4 is 22.7 Å². The first-order chi connectivity index (χ1) is 10.6. The molecule has 1 aromatic heterocycles. The molecule has 0 fully saturated rings. The van der Waals surface area contributed by atoms with Crippen LogP contribution in [0.5, 0.6) is 0 Å². The van der Waals surface area contributed by atoms with Gasteiger partial charge in [0.2, 0.25) is 0 Å². The number of benzene rings is 1. The van der Waals surface area contributed by atoms with Crippen LogP contribution < -0.4 is 5.63 Å². The first-order valence-electron chi connectivity index (χ1n) is 7.39. The van der Waals surface area contributed by atoms with Gasteiger partial charge in [-0.2, -0.15) is 0 Å². The summed E-state index contributed by atoms with van der Waals surface area (Å²) in [5, 5.41) is 4.54. The lowest BCUT2D eigenvalue weighted by molar-refractivity contribution is -0.143. The molecule has 5 heteroatoms.